The van der Waals surface area contributed by atoms with E-state index in [0.29, 0.717) is 12.2 Å². The van der Waals surface area contributed by atoms with Crippen molar-refractivity contribution in [3.63, 3.8) is 0 Å². The summed E-state index contributed by atoms with van der Waals surface area (Å²) in [5, 5.41) is 0. The van der Waals surface area contributed by atoms with Crippen LogP contribution in [0.25, 0.3) is 0 Å². The van der Waals surface area contributed by atoms with Crippen LogP contribution in [0.1, 0.15) is 43.1 Å². The maximum absolute atomic E-state index is 12.0. The highest BCUT2D eigenvalue weighted by Gasteiger charge is 2.14. The maximum Gasteiger partial charge on any atom is 0.310 e. The summed E-state index contributed by atoms with van der Waals surface area (Å²) in [4.78, 5) is 23.4. The molecule has 3 nitrogen and oxygen atoms in total. The van der Waals surface area contributed by atoms with Crippen molar-refractivity contribution in [3.05, 3.63) is 35.4 Å². The molecular formula is C15H20O3. The SMILES string of the molecule is CCOC(=O)Cc1cccc(C(=O)C(C)CC)c1. The van der Waals surface area contributed by atoms with Crippen LogP contribution in [0.3, 0.4) is 0 Å². The molecule has 3 heteroatoms. The first-order valence-electron chi connectivity index (χ1n) is 6.37. The average Bonchev–Trinajstić information content (AvgIpc) is 2.37. The highest BCUT2D eigenvalue weighted by atomic mass is 16.5. The molecule has 0 saturated carbocycles. The van der Waals surface area contributed by atoms with E-state index < -0.39 is 0 Å². The van der Waals surface area contributed by atoms with Crippen LogP contribution in [0.15, 0.2) is 24.3 Å². The fourth-order valence-corrected chi connectivity index (χ4v) is 1.68. The van der Waals surface area contributed by atoms with Crippen molar-refractivity contribution >= 4 is 11.8 Å². The second-order valence-corrected chi connectivity index (χ2v) is 4.36. The third kappa shape index (κ3) is 3.99. The Bertz CT molecular complexity index is 424. The molecule has 1 aromatic rings. The van der Waals surface area contributed by atoms with E-state index >= 15 is 0 Å². The lowest BCUT2D eigenvalue weighted by Gasteiger charge is -2.09. The molecule has 0 spiro atoms. The Kier molecular flexibility index (Phi) is 5.56. The molecule has 1 atom stereocenters. The summed E-state index contributed by atoms with van der Waals surface area (Å²) in [6.45, 7) is 6.07. The molecule has 0 aliphatic heterocycles. The van der Waals surface area contributed by atoms with Crippen LogP contribution in [-0.2, 0) is 16.0 Å². The molecular weight excluding hydrogens is 228 g/mol. The zero-order valence-corrected chi connectivity index (χ0v) is 11.2. The number of hydrogen-bond donors (Lipinski definition) is 0. The van der Waals surface area contributed by atoms with Crippen LogP contribution in [0.2, 0.25) is 0 Å². The van der Waals surface area contributed by atoms with Gasteiger partial charge in [0, 0.05) is 11.5 Å². The molecule has 1 unspecified atom stereocenters. The van der Waals surface area contributed by atoms with Gasteiger partial charge in [-0.3, -0.25) is 9.59 Å². The molecule has 1 rings (SSSR count). The Labute approximate surface area is 108 Å². The Morgan fingerprint density at radius 1 is 1.28 bits per heavy atom. The van der Waals surface area contributed by atoms with Gasteiger partial charge in [-0.1, -0.05) is 32.0 Å². The zero-order valence-electron chi connectivity index (χ0n) is 11.2. The van der Waals surface area contributed by atoms with E-state index in [9.17, 15) is 9.59 Å². The molecule has 0 radical (unpaired) electrons. The number of rotatable bonds is 6. The summed E-state index contributed by atoms with van der Waals surface area (Å²) in [6.07, 6.45) is 1.04. The van der Waals surface area contributed by atoms with Crippen LogP contribution >= 0.6 is 0 Å². The maximum atomic E-state index is 12.0. The van der Waals surface area contributed by atoms with Crippen molar-refractivity contribution in [2.75, 3.05) is 6.61 Å². The quantitative estimate of drug-likeness (QED) is 0.574. The van der Waals surface area contributed by atoms with Gasteiger partial charge in [0.15, 0.2) is 5.78 Å². The van der Waals surface area contributed by atoms with Gasteiger partial charge in [0.2, 0.25) is 0 Å². The van der Waals surface area contributed by atoms with E-state index in [1.165, 1.54) is 0 Å². The van der Waals surface area contributed by atoms with Crippen LogP contribution in [0.4, 0.5) is 0 Å². The van der Waals surface area contributed by atoms with Crippen molar-refractivity contribution in [1.29, 1.82) is 0 Å². The molecule has 0 N–H and O–H groups in total. The highest BCUT2D eigenvalue weighted by Crippen LogP contribution is 2.14. The molecule has 0 saturated heterocycles. The van der Waals surface area contributed by atoms with Crippen molar-refractivity contribution < 1.29 is 14.3 Å². The van der Waals surface area contributed by atoms with Crippen molar-refractivity contribution in [2.24, 2.45) is 5.92 Å². The van der Waals surface area contributed by atoms with E-state index in [0.717, 1.165) is 12.0 Å². The highest BCUT2D eigenvalue weighted by molar-refractivity contribution is 5.97. The summed E-state index contributed by atoms with van der Waals surface area (Å²) in [7, 11) is 0. The smallest absolute Gasteiger partial charge is 0.310 e. The summed E-state index contributed by atoms with van der Waals surface area (Å²) in [5.74, 6) is -0.114. The molecule has 0 fully saturated rings. The Morgan fingerprint density at radius 3 is 2.61 bits per heavy atom. The van der Waals surface area contributed by atoms with E-state index in [-0.39, 0.29) is 24.1 Å². The largest absolute Gasteiger partial charge is 0.466 e. The molecule has 0 aromatic heterocycles. The monoisotopic (exact) mass is 248 g/mol. The van der Waals surface area contributed by atoms with Gasteiger partial charge in [-0.05, 0) is 25.0 Å². The Balaban J connectivity index is 2.79. The molecule has 18 heavy (non-hydrogen) atoms. The minimum absolute atomic E-state index is 0.0165. The normalized spacial score (nSPS) is 11.9. The number of ether oxygens (including phenoxy) is 1. The lowest BCUT2D eigenvalue weighted by molar-refractivity contribution is -0.142. The fourth-order valence-electron chi connectivity index (χ4n) is 1.68. The summed E-state index contributed by atoms with van der Waals surface area (Å²) in [6, 6.07) is 7.23. The number of carbonyl (C=O) groups excluding carboxylic acids is 2. The third-order valence-electron chi connectivity index (χ3n) is 2.93. The van der Waals surface area contributed by atoms with Crippen molar-refractivity contribution in [3.8, 4) is 0 Å². The van der Waals surface area contributed by atoms with E-state index in [4.69, 9.17) is 4.74 Å². The standard InChI is InChI=1S/C15H20O3/c1-4-11(3)15(17)13-8-6-7-12(9-13)10-14(16)18-5-2/h6-9,11H,4-5,10H2,1-3H3. The second-order valence-electron chi connectivity index (χ2n) is 4.36. The van der Waals surface area contributed by atoms with Crippen LogP contribution < -0.4 is 0 Å². The van der Waals surface area contributed by atoms with E-state index in [1.807, 2.05) is 26.0 Å². The second kappa shape index (κ2) is 6.94. The van der Waals surface area contributed by atoms with Gasteiger partial charge in [0.05, 0.1) is 13.0 Å². The first kappa shape index (κ1) is 14.4. The van der Waals surface area contributed by atoms with Gasteiger partial charge < -0.3 is 4.74 Å². The number of Topliss-reactive ketones (excluding diaryl/α,β-unsaturated/α-hetero) is 1. The number of ketones is 1. The minimum Gasteiger partial charge on any atom is -0.466 e. The lowest BCUT2D eigenvalue weighted by atomic mass is 9.95. The molecule has 0 heterocycles. The van der Waals surface area contributed by atoms with Gasteiger partial charge in [-0.2, -0.15) is 0 Å². The Hall–Kier alpha value is -1.64. The molecule has 0 aliphatic rings. The zero-order chi connectivity index (χ0) is 13.5. The molecule has 0 aliphatic carbocycles. The topological polar surface area (TPSA) is 43.4 Å². The summed E-state index contributed by atoms with van der Waals surface area (Å²) >= 11 is 0. The Morgan fingerprint density at radius 2 is 2.00 bits per heavy atom. The first-order valence-corrected chi connectivity index (χ1v) is 6.37. The van der Waals surface area contributed by atoms with Crippen molar-refractivity contribution in [1.82, 2.24) is 0 Å². The molecule has 0 amide bonds. The predicted molar refractivity (Wildman–Crippen MR) is 70.6 cm³/mol. The van der Waals surface area contributed by atoms with Gasteiger partial charge in [-0.25, -0.2) is 0 Å². The van der Waals surface area contributed by atoms with Crippen LogP contribution in [0.5, 0.6) is 0 Å². The fraction of sp³-hybridized carbons (Fsp3) is 0.467. The van der Waals surface area contributed by atoms with E-state index in [1.54, 1.807) is 19.1 Å². The van der Waals surface area contributed by atoms with E-state index in [2.05, 4.69) is 0 Å². The van der Waals surface area contributed by atoms with Crippen LogP contribution in [0, 0.1) is 5.92 Å². The molecule has 1 aromatic carbocycles. The molecule has 0 bridgehead atoms. The summed E-state index contributed by atoms with van der Waals surface area (Å²) in [5.41, 5.74) is 1.49. The minimum atomic E-state index is -0.259. The van der Waals surface area contributed by atoms with Gasteiger partial charge in [0.1, 0.15) is 0 Å². The van der Waals surface area contributed by atoms with Crippen molar-refractivity contribution in [2.45, 2.75) is 33.6 Å². The summed E-state index contributed by atoms with van der Waals surface area (Å²) < 4.78 is 4.89. The predicted octanol–water partition coefficient (Wildman–Crippen LogP) is 3.02. The van der Waals surface area contributed by atoms with Gasteiger partial charge in [-0.15, -0.1) is 0 Å². The third-order valence-corrected chi connectivity index (χ3v) is 2.93. The van der Waals surface area contributed by atoms with Crippen LogP contribution in [-0.4, -0.2) is 18.4 Å². The van der Waals surface area contributed by atoms with Gasteiger partial charge >= 0.3 is 5.97 Å². The number of hydrogen-bond acceptors (Lipinski definition) is 3. The number of esters is 1. The number of benzene rings is 1. The molecule has 98 valence electrons. The average molecular weight is 248 g/mol. The van der Waals surface area contributed by atoms with Gasteiger partial charge in [0.25, 0.3) is 0 Å². The lowest BCUT2D eigenvalue weighted by Crippen LogP contribution is -2.12. The number of carbonyl (C=O) groups is 2. The first-order chi connectivity index (χ1) is 8.58.